The van der Waals surface area contributed by atoms with Crippen LogP contribution in [0.3, 0.4) is 0 Å². The van der Waals surface area contributed by atoms with Gasteiger partial charge in [-0.25, -0.2) is 4.98 Å². The fourth-order valence-electron chi connectivity index (χ4n) is 2.89. The number of methoxy groups -OCH3 is 1. The SMILES string of the molecule is COc1cccc([C@@H]2C[C@H](O)CN2c2ccc(C#N)nc2)c1. The van der Waals surface area contributed by atoms with Gasteiger partial charge in [0, 0.05) is 6.54 Å². The molecule has 1 aliphatic rings. The molecule has 1 N–H and O–H groups in total. The van der Waals surface area contributed by atoms with Crippen LogP contribution in [0.15, 0.2) is 42.6 Å². The van der Waals surface area contributed by atoms with E-state index in [1.807, 2.05) is 36.4 Å². The molecule has 2 aromatic rings. The van der Waals surface area contributed by atoms with Crippen molar-refractivity contribution in [2.45, 2.75) is 18.6 Å². The lowest BCUT2D eigenvalue weighted by molar-refractivity contribution is 0.194. The summed E-state index contributed by atoms with van der Waals surface area (Å²) in [5.41, 5.74) is 2.39. The Balaban J connectivity index is 1.92. The molecule has 2 heterocycles. The first-order valence-electron chi connectivity index (χ1n) is 7.16. The van der Waals surface area contributed by atoms with E-state index in [9.17, 15) is 5.11 Å². The average molecular weight is 295 g/mol. The van der Waals surface area contributed by atoms with E-state index >= 15 is 0 Å². The molecule has 0 unspecified atom stereocenters. The highest BCUT2D eigenvalue weighted by Gasteiger charge is 2.32. The molecule has 0 radical (unpaired) electrons. The maximum absolute atomic E-state index is 10.1. The summed E-state index contributed by atoms with van der Waals surface area (Å²) in [5, 5.41) is 18.9. The summed E-state index contributed by atoms with van der Waals surface area (Å²) in [5.74, 6) is 0.803. The molecule has 5 nitrogen and oxygen atoms in total. The van der Waals surface area contributed by atoms with Crippen LogP contribution in [0.25, 0.3) is 0 Å². The molecule has 112 valence electrons. The highest BCUT2D eigenvalue weighted by Crippen LogP contribution is 2.37. The Morgan fingerprint density at radius 1 is 1.36 bits per heavy atom. The molecule has 1 aliphatic heterocycles. The maximum Gasteiger partial charge on any atom is 0.140 e. The molecule has 1 aromatic heterocycles. The summed E-state index contributed by atoms with van der Waals surface area (Å²) in [6.45, 7) is 0.551. The molecule has 5 heteroatoms. The zero-order valence-corrected chi connectivity index (χ0v) is 12.3. The number of anilines is 1. The fourth-order valence-corrected chi connectivity index (χ4v) is 2.89. The van der Waals surface area contributed by atoms with Gasteiger partial charge in [-0.3, -0.25) is 0 Å². The molecule has 1 saturated heterocycles. The third-order valence-electron chi connectivity index (χ3n) is 3.95. The molecule has 0 saturated carbocycles. The third-order valence-corrected chi connectivity index (χ3v) is 3.95. The summed E-state index contributed by atoms with van der Waals surface area (Å²) in [7, 11) is 1.64. The standard InChI is InChI=1S/C17H17N3O2/c1-22-16-4-2-3-12(7-16)17-8-15(21)11-20(17)14-6-5-13(9-18)19-10-14/h2-7,10,15,17,21H,8,11H2,1H3/t15-,17-/m0/s1. The summed E-state index contributed by atoms with van der Waals surface area (Å²) in [6.07, 6.45) is 1.96. The van der Waals surface area contributed by atoms with Crippen LogP contribution in [-0.2, 0) is 0 Å². The van der Waals surface area contributed by atoms with E-state index in [1.54, 1.807) is 19.4 Å². The Morgan fingerprint density at radius 2 is 2.23 bits per heavy atom. The molecule has 2 atom stereocenters. The summed E-state index contributed by atoms with van der Waals surface area (Å²) in [4.78, 5) is 6.24. The van der Waals surface area contributed by atoms with Crippen LogP contribution in [0.2, 0.25) is 0 Å². The van der Waals surface area contributed by atoms with Crippen molar-refractivity contribution < 1.29 is 9.84 Å². The third kappa shape index (κ3) is 2.74. The zero-order valence-electron chi connectivity index (χ0n) is 12.3. The Hall–Kier alpha value is -2.58. The van der Waals surface area contributed by atoms with Crippen molar-refractivity contribution in [3.8, 4) is 11.8 Å². The minimum Gasteiger partial charge on any atom is -0.497 e. The Bertz CT molecular complexity index is 694. The summed E-state index contributed by atoms with van der Waals surface area (Å²) in [6, 6.07) is 13.5. The smallest absolute Gasteiger partial charge is 0.140 e. The van der Waals surface area contributed by atoms with Crippen LogP contribution in [0.4, 0.5) is 5.69 Å². The van der Waals surface area contributed by atoms with Gasteiger partial charge in [0.05, 0.1) is 31.1 Å². The number of aliphatic hydroxyl groups excluding tert-OH is 1. The number of hydrogen-bond donors (Lipinski definition) is 1. The minimum atomic E-state index is -0.383. The second-order valence-electron chi connectivity index (χ2n) is 5.35. The van der Waals surface area contributed by atoms with Gasteiger partial charge in [-0.1, -0.05) is 12.1 Å². The summed E-state index contributed by atoms with van der Waals surface area (Å²) >= 11 is 0. The lowest BCUT2D eigenvalue weighted by atomic mass is 10.0. The predicted octanol–water partition coefficient (Wildman–Crippen LogP) is 2.27. The highest BCUT2D eigenvalue weighted by atomic mass is 16.5. The van der Waals surface area contributed by atoms with Gasteiger partial charge in [0.15, 0.2) is 0 Å². The number of β-amino-alcohol motifs (C(OH)–C–C–N with tert-alkyl or cyclic N) is 1. The summed E-state index contributed by atoms with van der Waals surface area (Å²) < 4.78 is 5.28. The predicted molar refractivity (Wildman–Crippen MR) is 82.7 cm³/mol. The van der Waals surface area contributed by atoms with E-state index in [1.165, 1.54) is 0 Å². The first-order valence-corrected chi connectivity index (χ1v) is 7.16. The number of ether oxygens (including phenoxy) is 1. The van der Waals surface area contributed by atoms with Gasteiger partial charge in [0.1, 0.15) is 17.5 Å². The van der Waals surface area contributed by atoms with E-state index < -0.39 is 0 Å². The lowest BCUT2D eigenvalue weighted by Crippen LogP contribution is -2.24. The normalized spacial score (nSPS) is 20.7. The molecule has 0 spiro atoms. The van der Waals surface area contributed by atoms with Gasteiger partial charge in [-0.2, -0.15) is 5.26 Å². The molecule has 22 heavy (non-hydrogen) atoms. The van der Waals surface area contributed by atoms with Crippen LogP contribution < -0.4 is 9.64 Å². The molecular weight excluding hydrogens is 278 g/mol. The maximum atomic E-state index is 10.1. The zero-order chi connectivity index (χ0) is 15.5. The van der Waals surface area contributed by atoms with Gasteiger partial charge >= 0.3 is 0 Å². The number of pyridine rings is 1. The largest absolute Gasteiger partial charge is 0.497 e. The number of nitriles is 1. The first-order chi connectivity index (χ1) is 10.7. The Kier molecular flexibility index (Phi) is 3.94. The van der Waals surface area contributed by atoms with E-state index in [2.05, 4.69) is 9.88 Å². The van der Waals surface area contributed by atoms with Gasteiger partial charge in [-0.05, 0) is 36.2 Å². The van der Waals surface area contributed by atoms with Crippen LogP contribution in [0.5, 0.6) is 5.75 Å². The van der Waals surface area contributed by atoms with Crippen LogP contribution in [0, 0.1) is 11.3 Å². The number of aliphatic hydroxyl groups is 1. The molecule has 3 rings (SSSR count). The van der Waals surface area contributed by atoms with Gasteiger partial charge in [-0.15, -0.1) is 0 Å². The molecule has 0 bridgehead atoms. The lowest BCUT2D eigenvalue weighted by Gasteiger charge is -2.26. The minimum absolute atomic E-state index is 0.0693. The van der Waals surface area contributed by atoms with Gasteiger partial charge in [0.2, 0.25) is 0 Å². The van der Waals surface area contributed by atoms with Crippen LogP contribution >= 0.6 is 0 Å². The molecule has 0 aliphatic carbocycles. The number of hydrogen-bond acceptors (Lipinski definition) is 5. The van der Waals surface area contributed by atoms with Gasteiger partial charge < -0.3 is 14.7 Å². The average Bonchev–Trinajstić information content (AvgIpc) is 2.97. The quantitative estimate of drug-likeness (QED) is 0.940. The number of nitrogens with zero attached hydrogens (tertiary/aromatic N) is 3. The van der Waals surface area contributed by atoms with E-state index in [-0.39, 0.29) is 12.1 Å². The van der Waals surface area contributed by atoms with Crippen molar-refractivity contribution in [3.05, 3.63) is 53.9 Å². The first kappa shape index (κ1) is 14.4. The monoisotopic (exact) mass is 295 g/mol. The second-order valence-corrected chi connectivity index (χ2v) is 5.35. The molecule has 1 fully saturated rings. The number of benzene rings is 1. The Morgan fingerprint density at radius 3 is 2.91 bits per heavy atom. The van der Waals surface area contributed by atoms with Gasteiger partial charge in [0.25, 0.3) is 0 Å². The van der Waals surface area contributed by atoms with Crippen molar-refractivity contribution in [1.82, 2.24) is 4.98 Å². The molecule has 1 aromatic carbocycles. The van der Waals surface area contributed by atoms with E-state index in [0.717, 1.165) is 17.0 Å². The highest BCUT2D eigenvalue weighted by molar-refractivity contribution is 5.50. The fraction of sp³-hybridized carbons (Fsp3) is 0.294. The van der Waals surface area contributed by atoms with E-state index in [4.69, 9.17) is 10.00 Å². The topological polar surface area (TPSA) is 69.4 Å². The molecular formula is C17H17N3O2. The van der Waals surface area contributed by atoms with Crippen molar-refractivity contribution in [3.63, 3.8) is 0 Å². The Labute approximate surface area is 129 Å². The van der Waals surface area contributed by atoms with Crippen LogP contribution in [0.1, 0.15) is 23.7 Å². The van der Waals surface area contributed by atoms with Crippen molar-refractivity contribution in [2.75, 3.05) is 18.6 Å². The van der Waals surface area contributed by atoms with Crippen molar-refractivity contribution >= 4 is 5.69 Å². The van der Waals surface area contributed by atoms with E-state index in [0.29, 0.717) is 18.7 Å². The second kappa shape index (κ2) is 6.04. The molecule has 0 amide bonds. The van der Waals surface area contributed by atoms with Crippen LogP contribution in [-0.4, -0.2) is 29.8 Å². The number of aromatic nitrogens is 1. The van der Waals surface area contributed by atoms with Crippen molar-refractivity contribution in [1.29, 1.82) is 5.26 Å². The van der Waals surface area contributed by atoms with Crippen molar-refractivity contribution in [2.24, 2.45) is 0 Å². The number of rotatable bonds is 3.